The molecule has 0 spiro atoms. The van der Waals surface area contributed by atoms with Gasteiger partial charge in [0.25, 0.3) is 0 Å². The van der Waals surface area contributed by atoms with Crippen LogP contribution in [0.3, 0.4) is 0 Å². The van der Waals surface area contributed by atoms with Crippen molar-refractivity contribution in [2.24, 2.45) is 0 Å². The number of nitrogens with zero attached hydrogens (tertiary/aromatic N) is 1. The van der Waals surface area contributed by atoms with Crippen LogP contribution in [-0.2, 0) is 5.54 Å². The van der Waals surface area contributed by atoms with Gasteiger partial charge in [0.1, 0.15) is 18.5 Å². The van der Waals surface area contributed by atoms with E-state index < -0.39 is 6.10 Å². The van der Waals surface area contributed by atoms with Gasteiger partial charge in [-0.05, 0) is 54.8 Å². The van der Waals surface area contributed by atoms with Crippen LogP contribution >= 0.6 is 11.6 Å². The van der Waals surface area contributed by atoms with Gasteiger partial charge in [0.05, 0.1) is 11.6 Å². The van der Waals surface area contributed by atoms with Gasteiger partial charge in [-0.2, -0.15) is 5.26 Å². The van der Waals surface area contributed by atoms with E-state index in [1.165, 1.54) is 18.4 Å². The summed E-state index contributed by atoms with van der Waals surface area (Å²) in [5.74, 6) is 0.649. The molecule has 3 rings (SSSR count). The van der Waals surface area contributed by atoms with Crippen LogP contribution in [0.5, 0.6) is 5.75 Å². The summed E-state index contributed by atoms with van der Waals surface area (Å²) in [6.07, 6.45) is 3.84. The molecule has 0 saturated heterocycles. The van der Waals surface area contributed by atoms with Crippen LogP contribution in [0.4, 0.5) is 0 Å². The lowest BCUT2D eigenvalue weighted by atomic mass is 9.88. The van der Waals surface area contributed by atoms with Crippen molar-refractivity contribution in [3.8, 4) is 11.8 Å². The molecular weight excluding hydrogens is 348 g/mol. The molecule has 1 atom stereocenters. The van der Waals surface area contributed by atoms with Gasteiger partial charge in [-0.15, -0.1) is 0 Å². The van der Waals surface area contributed by atoms with Crippen molar-refractivity contribution in [2.75, 3.05) is 13.2 Å². The zero-order valence-corrected chi connectivity index (χ0v) is 15.4. The first kappa shape index (κ1) is 18.7. The Kier molecular flexibility index (Phi) is 6.16. The summed E-state index contributed by atoms with van der Waals surface area (Å²) in [5.41, 5.74) is 1.71. The Balaban J connectivity index is 1.55. The summed E-state index contributed by atoms with van der Waals surface area (Å²) >= 11 is 6.02. The predicted molar refractivity (Wildman–Crippen MR) is 102 cm³/mol. The number of benzene rings is 2. The van der Waals surface area contributed by atoms with E-state index in [1.54, 1.807) is 24.3 Å². The average molecular weight is 371 g/mol. The Labute approximate surface area is 159 Å². The third kappa shape index (κ3) is 4.56. The van der Waals surface area contributed by atoms with E-state index in [1.807, 2.05) is 12.1 Å². The van der Waals surface area contributed by atoms with Gasteiger partial charge in [-0.25, -0.2) is 0 Å². The molecule has 2 aromatic rings. The fourth-order valence-electron chi connectivity index (χ4n) is 3.51. The van der Waals surface area contributed by atoms with Crippen LogP contribution in [0.15, 0.2) is 48.5 Å². The first-order chi connectivity index (χ1) is 12.6. The highest BCUT2D eigenvalue weighted by molar-refractivity contribution is 6.30. The molecule has 1 fully saturated rings. The first-order valence-corrected chi connectivity index (χ1v) is 9.31. The minimum absolute atomic E-state index is 0.0972. The lowest BCUT2D eigenvalue weighted by molar-refractivity contribution is 0.0962. The number of hydrogen-bond acceptors (Lipinski definition) is 4. The minimum atomic E-state index is -0.615. The molecular formula is C21H23ClN2O2. The molecule has 0 aliphatic heterocycles. The summed E-state index contributed by atoms with van der Waals surface area (Å²) in [5, 5.41) is 23.4. The van der Waals surface area contributed by atoms with Crippen LogP contribution in [0, 0.1) is 11.3 Å². The molecule has 0 heterocycles. The lowest BCUT2D eigenvalue weighted by Gasteiger charge is -2.32. The molecule has 2 aromatic carbocycles. The highest BCUT2D eigenvalue weighted by Crippen LogP contribution is 2.39. The Hall–Kier alpha value is -2.06. The normalized spacial score (nSPS) is 16.8. The Morgan fingerprint density at radius 2 is 1.77 bits per heavy atom. The Morgan fingerprint density at radius 1 is 1.12 bits per heavy atom. The second-order valence-electron chi connectivity index (χ2n) is 6.78. The molecule has 0 aromatic heterocycles. The van der Waals surface area contributed by atoms with E-state index >= 15 is 0 Å². The number of rotatable bonds is 7. The maximum absolute atomic E-state index is 10.3. The third-order valence-corrected chi connectivity index (χ3v) is 5.21. The summed E-state index contributed by atoms with van der Waals surface area (Å²) in [7, 11) is 0. The van der Waals surface area contributed by atoms with Gasteiger partial charge in [0.2, 0.25) is 0 Å². The zero-order chi connectivity index (χ0) is 18.4. The Bertz CT molecular complexity index is 747. The zero-order valence-electron chi connectivity index (χ0n) is 14.6. The minimum Gasteiger partial charge on any atom is -0.491 e. The van der Waals surface area contributed by atoms with E-state index in [9.17, 15) is 5.11 Å². The van der Waals surface area contributed by atoms with Crippen molar-refractivity contribution in [1.82, 2.24) is 5.32 Å². The number of nitrogens with one attached hydrogen (secondary N) is 1. The summed E-state index contributed by atoms with van der Waals surface area (Å²) in [4.78, 5) is 0. The molecule has 0 bridgehead atoms. The van der Waals surface area contributed by atoms with Gasteiger partial charge in [-0.1, -0.05) is 36.6 Å². The molecule has 1 unspecified atom stereocenters. The fraction of sp³-hybridized carbons (Fsp3) is 0.381. The first-order valence-electron chi connectivity index (χ1n) is 8.93. The monoisotopic (exact) mass is 370 g/mol. The van der Waals surface area contributed by atoms with Gasteiger partial charge in [0, 0.05) is 17.1 Å². The van der Waals surface area contributed by atoms with Crippen LogP contribution in [0.1, 0.15) is 36.8 Å². The molecule has 1 aliphatic rings. The molecule has 0 amide bonds. The average Bonchev–Trinajstić information content (AvgIpc) is 3.16. The van der Waals surface area contributed by atoms with E-state index in [4.69, 9.17) is 21.6 Å². The molecule has 136 valence electrons. The van der Waals surface area contributed by atoms with E-state index in [0.29, 0.717) is 17.9 Å². The quantitative estimate of drug-likeness (QED) is 0.772. The van der Waals surface area contributed by atoms with Gasteiger partial charge in [-0.3, -0.25) is 0 Å². The second kappa shape index (κ2) is 8.55. The van der Waals surface area contributed by atoms with Crippen molar-refractivity contribution in [3.05, 3.63) is 64.7 Å². The SMILES string of the molecule is N#Cc1ccc(OCC(O)CNC2(c3ccc(Cl)cc3)CCCC2)cc1. The van der Waals surface area contributed by atoms with Gasteiger partial charge < -0.3 is 15.2 Å². The standard InChI is InChI=1S/C21H23ClN2O2/c22-18-7-5-17(6-8-18)21(11-1-2-12-21)24-14-19(25)15-26-20-9-3-16(13-23)4-10-20/h3-10,19,24-25H,1-2,11-12,14-15H2. The van der Waals surface area contributed by atoms with Crippen LogP contribution in [0.2, 0.25) is 5.02 Å². The predicted octanol–water partition coefficient (Wildman–Crippen LogP) is 4.01. The molecule has 2 N–H and O–H groups in total. The molecule has 1 saturated carbocycles. The molecule has 26 heavy (non-hydrogen) atoms. The maximum Gasteiger partial charge on any atom is 0.119 e. The van der Waals surface area contributed by atoms with Crippen LogP contribution in [0.25, 0.3) is 0 Å². The summed E-state index contributed by atoms with van der Waals surface area (Å²) < 4.78 is 5.62. The molecule has 5 heteroatoms. The van der Waals surface area contributed by atoms with Crippen molar-refractivity contribution < 1.29 is 9.84 Å². The molecule has 0 radical (unpaired) electrons. The highest BCUT2D eigenvalue weighted by atomic mass is 35.5. The topological polar surface area (TPSA) is 65.3 Å². The van der Waals surface area contributed by atoms with Crippen molar-refractivity contribution in [3.63, 3.8) is 0 Å². The van der Waals surface area contributed by atoms with Crippen molar-refractivity contribution in [2.45, 2.75) is 37.3 Å². The number of nitriles is 1. The number of aliphatic hydroxyl groups excluding tert-OH is 1. The van der Waals surface area contributed by atoms with Crippen LogP contribution < -0.4 is 10.1 Å². The second-order valence-corrected chi connectivity index (χ2v) is 7.21. The largest absolute Gasteiger partial charge is 0.491 e. The van der Waals surface area contributed by atoms with Crippen LogP contribution in [-0.4, -0.2) is 24.4 Å². The Morgan fingerprint density at radius 3 is 2.38 bits per heavy atom. The smallest absolute Gasteiger partial charge is 0.119 e. The fourth-order valence-corrected chi connectivity index (χ4v) is 3.63. The highest BCUT2D eigenvalue weighted by Gasteiger charge is 2.35. The summed E-state index contributed by atoms with van der Waals surface area (Å²) in [6, 6.07) is 16.9. The summed E-state index contributed by atoms with van der Waals surface area (Å²) in [6.45, 7) is 0.661. The van der Waals surface area contributed by atoms with E-state index in [0.717, 1.165) is 17.9 Å². The lowest BCUT2D eigenvalue weighted by Crippen LogP contribution is -2.45. The van der Waals surface area contributed by atoms with E-state index in [2.05, 4.69) is 23.5 Å². The van der Waals surface area contributed by atoms with E-state index in [-0.39, 0.29) is 12.1 Å². The molecule has 4 nitrogen and oxygen atoms in total. The third-order valence-electron chi connectivity index (χ3n) is 4.96. The van der Waals surface area contributed by atoms with Crippen molar-refractivity contribution >= 4 is 11.6 Å². The number of halogens is 1. The number of hydrogen-bond donors (Lipinski definition) is 2. The van der Waals surface area contributed by atoms with Gasteiger partial charge in [0.15, 0.2) is 0 Å². The molecule has 1 aliphatic carbocycles. The maximum atomic E-state index is 10.3. The number of aliphatic hydroxyl groups is 1. The number of ether oxygens (including phenoxy) is 1. The van der Waals surface area contributed by atoms with Gasteiger partial charge >= 0.3 is 0 Å². The van der Waals surface area contributed by atoms with Crippen molar-refractivity contribution in [1.29, 1.82) is 5.26 Å².